The maximum Gasteiger partial charge on any atom is 0.123 e. The number of benzene rings is 1. The second kappa shape index (κ2) is 5.57. The van der Waals surface area contributed by atoms with Crippen LogP contribution in [0.3, 0.4) is 0 Å². The van der Waals surface area contributed by atoms with E-state index in [-0.39, 0.29) is 5.82 Å². The maximum atomic E-state index is 13.1. The minimum absolute atomic E-state index is 0.291. The van der Waals surface area contributed by atoms with Crippen LogP contribution >= 0.6 is 0 Å². The summed E-state index contributed by atoms with van der Waals surface area (Å²) in [5.74, 6) is -0.291. The Morgan fingerprint density at radius 2 is 2.05 bits per heavy atom. The van der Waals surface area contributed by atoms with Gasteiger partial charge in [0.25, 0.3) is 0 Å². The van der Waals surface area contributed by atoms with E-state index in [9.17, 15) is 9.50 Å². The molecule has 0 saturated carbocycles. The topological polar surface area (TPSA) is 32.7 Å². The molecule has 2 saturated heterocycles. The first-order valence-electron chi connectivity index (χ1n) is 7.02. The zero-order chi connectivity index (χ0) is 13.2. The van der Waals surface area contributed by atoms with E-state index in [2.05, 4.69) is 4.90 Å². The average molecular weight is 265 g/mol. The predicted octanol–water partition coefficient (Wildman–Crippen LogP) is 2.11. The standard InChI is InChI=1S/C15H20FNO2/c16-12-3-1-2-11(8-12)15(18)6-7-17-9-13-4-5-14(10-17)19-13/h1-3,8,13-15,18H,4-7,9-10H2. The highest BCUT2D eigenvalue weighted by Crippen LogP contribution is 2.27. The van der Waals surface area contributed by atoms with Crippen molar-refractivity contribution in [2.45, 2.75) is 37.6 Å². The lowest BCUT2D eigenvalue weighted by Crippen LogP contribution is -2.43. The van der Waals surface area contributed by atoms with E-state index in [1.54, 1.807) is 12.1 Å². The van der Waals surface area contributed by atoms with Crippen molar-refractivity contribution in [2.24, 2.45) is 0 Å². The van der Waals surface area contributed by atoms with E-state index >= 15 is 0 Å². The largest absolute Gasteiger partial charge is 0.388 e. The van der Waals surface area contributed by atoms with Gasteiger partial charge in [0, 0.05) is 19.6 Å². The van der Waals surface area contributed by atoms with E-state index in [0.717, 1.165) is 32.5 Å². The van der Waals surface area contributed by atoms with Gasteiger partial charge in [-0.25, -0.2) is 4.39 Å². The smallest absolute Gasteiger partial charge is 0.123 e. The SMILES string of the molecule is OC(CCN1CC2CCC(C1)O2)c1cccc(F)c1. The van der Waals surface area contributed by atoms with Gasteiger partial charge in [0.2, 0.25) is 0 Å². The summed E-state index contributed by atoms with van der Waals surface area (Å²) in [6.07, 6.45) is 3.13. The average Bonchev–Trinajstić information content (AvgIpc) is 2.75. The van der Waals surface area contributed by atoms with Gasteiger partial charge in [-0.2, -0.15) is 0 Å². The second-order valence-corrected chi connectivity index (χ2v) is 5.58. The molecule has 0 aliphatic carbocycles. The third-order valence-corrected chi connectivity index (χ3v) is 4.07. The summed E-state index contributed by atoms with van der Waals surface area (Å²) >= 11 is 0. The first kappa shape index (κ1) is 13.0. The molecule has 0 radical (unpaired) electrons. The minimum Gasteiger partial charge on any atom is -0.388 e. The van der Waals surface area contributed by atoms with Crippen molar-refractivity contribution in [1.82, 2.24) is 4.90 Å². The Morgan fingerprint density at radius 1 is 1.32 bits per heavy atom. The van der Waals surface area contributed by atoms with E-state index in [1.807, 2.05) is 0 Å². The Hall–Kier alpha value is -0.970. The monoisotopic (exact) mass is 265 g/mol. The molecule has 2 bridgehead atoms. The number of hydrogen-bond acceptors (Lipinski definition) is 3. The van der Waals surface area contributed by atoms with Gasteiger partial charge in [-0.3, -0.25) is 4.90 Å². The molecule has 2 aliphatic rings. The summed E-state index contributed by atoms with van der Waals surface area (Å²) in [4.78, 5) is 2.36. The number of rotatable bonds is 4. The van der Waals surface area contributed by atoms with Gasteiger partial charge in [-0.1, -0.05) is 12.1 Å². The van der Waals surface area contributed by atoms with E-state index in [0.29, 0.717) is 24.2 Å². The number of aliphatic hydroxyl groups is 1. The van der Waals surface area contributed by atoms with E-state index in [4.69, 9.17) is 4.74 Å². The molecular weight excluding hydrogens is 245 g/mol. The minimum atomic E-state index is -0.587. The molecule has 3 atom stereocenters. The van der Waals surface area contributed by atoms with Crippen LogP contribution in [0, 0.1) is 5.82 Å². The third kappa shape index (κ3) is 3.14. The molecular formula is C15H20FNO2. The van der Waals surface area contributed by atoms with E-state index in [1.165, 1.54) is 12.1 Å². The molecule has 2 heterocycles. The maximum absolute atomic E-state index is 13.1. The first-order chi connectivity index (χ1) is 9.20. The number of nitrogens with zero attached hydrogens (tertiary/aromatic N) is 1. The molecule has 1 aromatic carbocycles. The van der Waals surface area contributed by atoms with Crippen LogP contribution in [0.2, 0.25) is 0 Å². The van der Waals surface area contributed by atoms with Crippen LogP contribution in [0.5, 0.6) is 0 Å². The van der Waals surface area contributed by atoms with Crippen LogP contribution in [-0.4, -0.2) is 41.8 Å². The number of ether oxygens (including phenoxy) is 1. The Morgan fingerprint density at radius 3 is 2.74 bits per heavy atom. The molecule has 1 N–H and O–H groups in total. The Balaban J connectivity index is 1.52. The molecule has 3 nitrogen and oxygen atoms in total. The highest BCUT2D eigenvalue weighted by molar-refractivity contribution is 5.18. The molecule has 0 aromatic heterocycles. The van der Waals surface area contributed by atoms with Crippen LogP contribution in [-0.2, 0) is 4.74 Å². The van der Waals surface area contributed by atoms with Crippen LogP contribution in [0.25, 0.3) is 0 Å². The lowest BCUT2D eigenvalue weighted by Gasteiger charge is -2.32. The van der Waals surface area contributed by atoms with Gasteiger partial charge in [0.05, 0.1) is 18.3 Å². The van der Waals surface area contributed by atoms with Crippen molar-refractivity contribution in [3.05, 3.63) is 35.6 Å². The fourth-order valence-electron chi connectivity index (χ4n) is 3.07. The van der Waals surface area contributed by atoms with Crippen molar-refractivity contribution in [3.63, 3.8) is 0 Å². The van der Waals surface area contributed by atoms with Crippen LogP contribution in [0.15, 0.2) is 24.3 Å². The summed E-state index contributed by atoms with van der Waals surface area (Å²) in [6, 6.07) is 6.23. The number of likely N-dealkylation sites (tertiary alicyclic amines) is 1. The van der Waals surface area contributed by atoms with Crippen LogP contribution in [0.4, 0.5) is 4.39 Å². The third-order valence-electron chi connectivity index (χ3n) is 4.07. The Bertz CT molecular complexity index is 428. The summed E-state index contributed by atoms with van der Waals surface area (Å²) in [5.41, 5.74) is 0.663. The van der Waals surface area contributed by atoms with Gasteiger partial charge in [-0.15, -0.1) is 0 Å². The van der Waals surface area contributed by atoms with Crippen LogP contribution < -0.4 is 0 Å². The van der Waals surface area contributed by atoms with Gasteiger partial charge >= 0.3 is 0 Å². The highest BCUT2D eigenvalue weighted by atomic mass is 19.1. The zero-order valence-electron chi connectivity index (χ0n) is 11.0. The highest BCUT2D eigenvalue weighted by Gasteiger charge is 2.33. The normalized spacial score (nSPS) is 28.5. The van der Waals surface area contributed by atoms with Crippen molar-refractivity contribution in [3.8, 4) is 0 Å². The summed E-state index contributed by atoms with van der Waals surface area (Å²) in [6.45, 7) is 2.77. The van der Waals surface area contributed by atoms with Crippen molar-refractivity contribution < 1.29 is 14.2 Å². The van der Waals surface area contributed by atoms with Crippen LogP contribution in [0.1, 0.15) is 30.9 Å². The molecule has 2 fully saturated rings. The quantitative estimate of drug-likeness (QED) is 0.905. The number of fused-ring (bicyclic) bond motifs is 2. The molecule has 3 rings (SSSR count). The molecule has 2 aliphatic heterocycles. The molecule has 0 spiro atoms. The van der Waals surface area contributed by atoms with Gasteiger partial charge in [0.15, 0.2) is 0 Å². The van der Waals surface area contributed by atoms with Gasteiger partial charge < -0.3 is 9.84 Å². The zero-order valence-corrected chi connectivity index (χ0v) is 11.0. The van der Waals surface area contributed by atoms with Gasteiger partial charge in [0.1, 0.15) is 5.82 Å². The Kier molecular flexibility index (Phi) is 3.82. The number of morpholine rings is 1. The molecule has 1 aromatic rings. The molecule has 3 unspecified atom stereocenters. The van der Waals surface area contributed by atoms with E-state index < -0.39 is 6.10 Å². The summed E-state index contributed by atoms with van der Waals surface area (Å²) in [5, 5.41) is 10.1. The summed E-state index contributed by atoms with van der Waals surface area (Å²) < 4.78 is 18.9. The number of halogens is 1. The fourth-order valence-corrected chi connectivity index (χ4v) is 3.07. The number of hydrogen-bond donors (Lipinski definition) is 1. The predicted molar refractivity (Wildman–Crippen MR) is 70.3 cm³/mol. The lowest BCUT2D eigenvalue weighted by atomic mass is 10.1. The van der Waals surface area contributed by atoms with Gasteiger partial charge in [-0.05, 0) is 37.0 Å². The second-order valence-electron chi connectivity index (χ2n) is 5.58. The van der Waals surface area contributed by atoms with Crippen molar-refractivity contribution >= 4 is 0 Å². The fraction of sp³-hybridized carbons (Fsp3) is 0.600. The lowest BCUT2D eigenvalue weighted by molar-refractivity contribution is -0.0414. The molecule has 104 valence electrons. The molecule has 0 amide bonds. The van der Waals surface area contributed by atoms with Crippen molar-refractivity contribution in [1.29, 1.82) is 0 Å². The first-order valence-corrected chi connectivity index (χ1v) is 7.02. The molecule has 4 heteroatoms. The molecule has 19 heavy (non-hydrogen) atoms. The number of aliphatic hydroxyl groups excluding tert-OH is 1. The van der Waals surface area contributed by atoms with Crippen molar-refractivity contribution in [2.75, 3.05) is 19.6 Å². The Labute approximate surface area is 113 Å². The summed E-state index contributed by atoms with van der Waals surface area (Å²) in [7, 11) is 0.